The topological polar surface area (TPSA) is 127 Å². The van der Waals surface area contributed by atoms with Crippen LogP contribution in [0.1, 0.15) is 43.0 Å². The second-order valence-electron chi connectivity index (χ2n) is 12.2. The monoisotopic (exact) mass is 692 g/mol. The van der Waals surface area contributed by atoms with Crippen LogP contribution in [0.4, 0.5) is 0 Å². The van der Waals surface area contributed by atoms with Gasteiger partial charge in [-0.15, -0.1) is 0 Å². The number of hydrogen-bond acceptors (Lipinski definition) is 6. The normalized spacial score (nSPS) is 10.4. The largest absolute Gasteiger partial charge is 0.478 e. The van der Waals surface area contributed by atoms with Crippen molar-refractivity contribution >= 4 is 24.9 Å². The summed E-state index contributed by atoms with van der Waals surface area (Å²) < 4.78 is 9.81. The van der Waals surface area contributed by atoms with Crippen LogP contribution in [0.3, 0.4) is 0 Å². The van der Waals surface area contributed by atoms with Gasteiger partial charge in [-0.25, -0.2) is 9.59 Å². The lowest BCUT2D eigenvalue weighted by atomic mass is 9.91. The van der Waals surface area contributed by atoms with E-state index in [4.69, 9.17) is 14.6 Å². The summed E-state index contributed by atoms with van der Waals surface area (Å²) in [5.41, 5.74) is 12.0. The molecule has 0 unspecified atom stereocenters. The van der Waals surface area contributed by atoms with Crippen LogP contribution >= 0.6 is 0 Å². The minimum absolute atomic E-state index is 0.0502. The van der Waals surface area contributed by atoms with E-state index in [2.05, 4.69) is 88.4 Å². The number of aryl methyl sites for hydroxylation is 4. The molecular formula is C44H36O8. The zero-order valence-electron chi connectivity index (χ0n) is 29.0. The van der Waals surface area contributed by atoms with Crippen LogP contribution in [-0.2, 0) is 9.59 Å². The highest BCUT2D eigenvalue weighted by atomic mass is 16.5. The molecule has 2 N–H and O–H groups in total. The maximum absolute atomic E-state index is 11.9. The Morgan fingerprint density at radius 3 is 1.35 bits per heavy atom. The summed E-state index contributed by atoms with van der Waals surface area (Å²) in [6.45, 7) is 9.16. The van der Waals surface area contributed by atoms with E-state index in [-0.39, 0.29) is 35.4 Å². The number of carbonyl (C=O) groups excluding carboxylic acids is 2. The van der Waals surface area contributed by atoms with Gasteiger partial charge in [-0.3, -0.25) is 9.59 Å². The number of carboxylic acid groups (broad SMARTS) is 2. The van der Waals surface area contributed by atoms with Crippen LogP contribution in [0.25, 0.3) is 44.5 Å². The van der Waals surface area contributed by atoms with Crippen LogP contribution in [0.5, 0.6) is 11.5 Å². The molecule has 260 valence electrons. The van der Waals surface area contributed by atoms with Crippen LogP contribution in [0.15, 0.2) is 121 Å². The Morgan fingerprint density at radius 1 is 0.481 bits per heavy atom. The molecule has 0 heterocycles. The molecule has 6 rings (SSSR count). The second kappa shape index (κ2) is 16.3. The highest BCUT2D eigenvalue weighted by molar-refractivity contribution is 5.99. The number of carboxylic acids is 2. The van der Waals surface area contributed by atoms with E-state index >= 15 is 0 Å². The zero-order chi connectivity index (χ0) is 37.4. The van der Waals surface area contributed by atoms with Crippen molar-refractivity contribution < 1.29 is 38.9 Å². The third-order valence-electron chi connectivity index (χ3n) is 8.61. The van der Waals surface area contributed by atoms with Crippen LogP contribution < -0.4 is 9.47 Å². The van der Waals surface area contributed by atoms with E-state index in [1.54, 1.807) is 12.1 Å². The molecule has 0 spiro atoms. The zero-order valence-corrected chi connectivity index (χ0v) is 29.0. The molecule has 0 saturated carbocycles. The quantitative estimate of drug-likeness (QED) is 0.136. The van der Waals surface area contributed by atoms with E-state index in [1.165, 1.54) is 93.0 Å². The van der Waals surface area contributed by atoms with Crippen LogP contribution in [0.2, 0.25) is 0 Å². The molecule has 0 fully saturated rings. The Hall–Kier alpha value is -6.80. The lowest BCUT2D eigenvalue weighted by Crippen LogP contribution is -2.03. The van der Waals surface area contributed by atoms with Gasteiger partial charge >= 0.3 is 11.9 Å². The molecule has 0 bridgehead atoms. The van der Waals surface area contributed by atoms with Gasteiger partial charge in [-0.05, 0) is 114 Å². The van der Waals surface area contributed by atoms with Crippen molar-refractivity contribution in [2.75, 3.05) is 0 Å². The maximum Gasteiger partial charge on any atom is 0.336 e. The number of aromatic carboxylic acids is 2. The van der Waals surface area contributed by atoms with Gasteiger partial charge in [-0.1, -0.05) is 96.1 Å². The van der Waals surface area contributed by atoms with Crippen molar-refractivity contribution in [1.82, 2.24) is 0 Å². The minimum atomic E-state index is -1.22. The Morgan fingerprint density at radius 2 is 0.904 bits per heavy atom. The molecule has 0 aliphatic rings. The highest BCUT2D eigenvalue weighted by Crippen LogP contribution is 2.38. The molecule has 52 heavy (non-hydrogen) atoms. The average Bonchev–Trinajstić information content (AvgIpc) is 3.14. The van der Waals surface area contributed by atoms with Crippen LogP contribution in [-0.4, -0.2) is 35.1 Å². The van der Waals surface area contributed by atoms with Crippen LogP contribution in [0, 0.1) is 27.7 Å². The standard InChI is InChI=1S/C22H14O8.C22H22/c23-11-29-16-7-5-14(6-8-16)18-9-19(22(27)28)17(10-20(18)30-12-24)13-1-3-15(4-2-13)21(25)26;1-15-5-9-19(10-6-15)21-13-18(4)22(14-17(21)3)20-11-7-16(2)8-12-20/h1-12H,(H,25,26)(H,27,28);5-14H,1-4H3. The van der Waals surface area contributed by atoms with Gasteiger partial charge < -0.3 is 19.7 Å². The molecule has 6 aromatic rings. The minimum Gasteiger partial charge on any atom is -0.478 e. The predicted molar refractivity (Wildman–Crippen MR) is 201 cm³/mol. The SMILES string of the molecule is Cc1ccc(-c2cc(C)c(-c3ccc(C)cc3)cc2C)cc1.O=COc1ccc(-c2cc(C(=O)O)c(-c3ccc(C(=O)O)cc3)cc2OC=O)cc1. The summed E-state index contributed by atoms with van der Waals surface area (Å²) in [6.07, 6.45) is 0. The first-order chi connectivity index (χ1) is 25.0. The van der Waals surface area contributed by atoms with Crippen molar-refractivity contribution in [1.29, 1.82) is 0 Å². The number of hydrogen-bond donors (Lipinski definition) is 2. The second-order valence-corrected chi connectivity index (χ2v) is 12.2. The third-order valence-corrected chi connectivity index (χ3v) is 8.61. The van der Waals surface area contributed by atoms with E-state index in [0.29, 0.717) is 22.4 Å². The van der Waals surface area contributed by atoms with Crippen molar-refractivity contribution in [3.05, 3.63) is 155 Å². The van der Waals surface area contributed by atoms with Crippen molar-refractivity contribution in [3.63, 3.8) is 0 Å². The average molecular weight is 693 g/mol. The summed E-state index contributed by atoms with van der Waals surface area (Å²) in [5, 5.41) is 18.8. The van der Waals surface area contributed by atoms with E-state index in [9.17, 15) is 24.3 Å². The maximum atomic E-state index is 11.9. The molecule has 8 nitrogen and oxygen atoms in total. The van der Waals surface area contributed by atoms with Gasteiger partial charge in [0.25, 0.3) is 12.9 Å². The van der Waals surface area contributed by atoms with E-state index < -0.39 is 11.9 Å². The Balaban J connectivity index is 0.000000210. The lowest BCUT2D eigenvalue weighted by Gasteiger charge is -2.14. The fourth-order valence-corrected chi connectivity index (χ4v) is 5.84. The molecule has 8 heteroatoms. The summed E-state index contributed by atoms with van der Waals surface area (Å²) >= 11 is 0. The first-order valence-corrected chi connectivity index (χ1v) is 16.3. The first-order valence-electron chi connectivity index (χ1n) is 16.3. The summed E-state index contributed by atoms with van der Waals surface area (Å²) in [4.78, 5) is 44.4. The van der Waals surface area contributed by atoms with Gasteiger partial charge in [0.2, 0.25) is 0 Å². The molecule has 0 amide bonds. The first kappa shape index (κ1) is 36.5. The molecule has 0 aromatic heterocycles. The summed E-state index contributed by atoms with van der Waals surface area (Å²) in [7, 11) is 0. The van der Waals surface area contributed by atoms with E-state index in [1.807, 2.05) is 0 Å². The summed E-state index contributed by atoms with van der Waals surface area (Å²) in [6, 6.07) is 36.8. The van der Waals surface area contributed by atoms with Gasteiger partial charge in [0, 0.05) is 5.56 Å². The number of carbonyl (C=O) groups is 4. The lowest BCUT2D eigenvalue weighted by molar-refractivity contribution is -0.121. The highest BCUT2D eigenvalue weighted by Gasteiger charge is 2.19. The molecule has 0 radical (unpaired) electrons. The number of benzene rings is 6. The molecule has 0 aliphatic heterocycles. The Kier molecular flexibility index (Phi) is 11.4. The van der Waals surface area contributed by atoms with Gasteiger partial charge in [0.1, 0.15) is 11.5 Å². The van der Waals surface area contributed by atoms with E-state index in [0.717, 1.165) is 0 Å². The fourth-order valence-electron chi connectivity index (χ4n) is 5.84. The van der Waals surface area contributed by atoms with Gasteiger partial charge in [0.05, 0.1) is 11.1 Å². The number of ether oxygens (including phenoxy) is 2. The molecule has 0 saturated heterocycles. The Labute approximate surface area is 301 Å². The molecule has 0 aliphatic carbocycles. The molecular weight excluding hydrogens is 656 g/mol. The van der Waals surface area contributed by atoms with Gasteiger partial charge in [-0.2, -0.15) is 0 Å². The van der Waals surface area contributed by atoms with Gasteiger partial charge in [0.15, 0.2) is 0 Å². The smallest absolute Gasteiger partial charge is 0.336 e. The summed E-state index contributed by atoms with van der Waals surface area (Å²) in [5.74, 6) is -1.92. The Bertz CT molecular complexity index is 2160. The predicted octanol–water partition coefficient (Wildman–Crippen LogP) is 9.74. The van der Waals surface area contributed by atoms with Crippen molar-refractivity contribution in [2.45, 2.75) is 27.7 Å². The molecule has 0 atom stereocenters. The third kappa shape index (κ3) is 8.49. The fraction of sp³-hybridized carbons (Fsp3) is 0.0909. The van der Waals surface area contributed by atoms with Crippen molar-refractivity contribution in [3.8, 4) is 56.0 Å². The molecule has 6 aromatic carbocycles. The van der Waals surface area contributed by atoms with Crippen molar-refractivity contribution in [2.24, 2.45) is 0 Å². The number of rotatable bonds is 10.